The third-order valence-corrected chi connectivity index (χ3v) is 3.26. The normalized spacial score (nSPS) is 11.9. The van der Waals surface area contributed by atoms with Crippen molar-refractivity contribution in [2.45, 2.75) is 18.9 Å². The fourth-order valence-corrected chi connectivity index (χ4v) is 2.08. The highest BCUT2D eigenvalue weighted by molar-refractivity contribution is 5.94. The largest absolute Gasteiger partial charge is 0.396 e. The lowest BCUT2D eigenvalue weighted by atomic mass is 10.1. The Morgan fingerprint density at radius 2 is 1.71 bits per heavy atom. The Balaban J connectivity index is 1.91. The molecule has 4 nitrogen and oxygen atoms in total. The molecule has 1 unspecified atom stereocenters. The summed E-state index contributed by atoms with van der Waals surface area (Å²) in [5.41, 5.74) is 8.71. The summed E-state index contributed by atoms with van der Waals surface area (Å²) in [6, 6.07) is 16.5. The molecular formula is C17H20N2O2. The van der Waals surface area contributed by atoms with Crippen LogP contribution in [0.1, 0.15) is 11.1 Å². The van der Waals surface area contributed by atoms with Gasteiger partial charge in [-0.2, -0.15) is 0 Å². The number of carbonyl (C=O) groups excluding carboxylic acids is 1. The first-order valence-corrected chi connectivity index (χ1v) is 6.99. The summed E-state index contributed by atoms with van der Waals surface area (Å²) in [5.74, 6) is -0.200. The van der Waals surface area contributed by atoms with Crippen molar-refractivity contribution in [3.63, 3.8) is 0 Å². The monoisotopic (exact) mass is 284 g/mol. The van der Waals surface area contributed by atoms with Gasteiger partial charge in [0, 0.05) is 12.3 Å². The van der Waals surface area contributed by atoms with E-state index in [1.165, 1.54) is 0 Å². The summed E-state index contributed by atoms with van der Waals surface area (Å²) in [6.45, 7) is 0.119. The average Bonchev–Trinajstić information content (AvgIpc) is 2.50. The molecule has 0 aliphatic heterocycles. The van der Waals surface area contributed by atoms with Crippen LogP contribution in [0.25, 0.3) is 0 Å². The predicted molar refractivity (Wildman–Crippen MR) is 84.0 cm³/mol. The molecule has 4 N–H and O–H groups in total. The van der Waals surface area contributed by atoms with E-state index < -0.39 is 6.04 Å². The molecule has 0 spiro atoms. The number of nitrogens with one attached hydrogen (secondary N) is 1. The van der Waals surface area contributed by atoms with E-state index in [1.54, 1.807) is 0 Å². The van der Waals surface area contributed by atoms with Gasteiger partial charge < -0.3 is 16.2 Å². The van der Waals surface area contributed by atoms with Crippen molar-refractivity contribution < 1.29 is 9.90 Å². The van der Waals surface area contributed by atoms with E-state index >= 15 is 0 Å². The molecule has 4 heteroatoms. The van der Waals surface area contributed by atoms with Crippen molar-refractivity contribution in [2.24, 2.45) is 5.73 Å². The Labute approximate surface area is 124 Å². The fraction of sp³-hybridized carbons (Fsp3) is 0.235. The van der Waals surface area contributed by atoms with E-state index in [0.29, 0.717) is 18.5 Å². The van der Waals surface area contributed by atoms with E-state index in [4.69, 9.17) is 10.8 Å². The molecular weight excluding hydrogens is 264 g/mol. The molecule has 110 valence electrons. The summed E-state index contributed by atoms with van der Waals surface area (Å²) in [4.78, 5) is 12.1. The van der Waals surface area contributed by atoms with Gasteiger partial charge in [0.15, 0.2) is 0 Å². The van der Waals surface area contributed by atoms with Crippen LogP contribution in [0.3, 0.4) is 0 Å². The van der Waals surface area contributed by atoms with Crippen molar-refractivity contribution in [1.82, 2.24) is 0 Å². The first-order chi connectivity index (χ1) is 10.2. The second kappa shape index (κ2) is 7.57. The lowest BCUT2D eigenvalue weighted by Gasteiger charge is -2.12. The molecule has 1 atom stereocenters. The van der Waals surface area contributed by atoms with Gasteiger partial charge in [-0.1, -0.05) is 42.5 Å². The Kier molecular flexibility index (Phi) is 5.49. The number of anilines is 1. The van der Waals surface area contributed by atoms with E-state index in [0.717, 1.165) is 11.1 Å². The van der Waals surface area contributed by atoms with Crippen LogP contribution in [0.2, 0.25) is 0 Å². The van der Waals surface area contributed by atoms with Gasteiger partial charge in [0.25, 0.3) is 0 Å². The van der Waals surface area contributed by atoms with Gasteiger partial charge in [0.05, 0.1) is 6.04 Å². The van der Waals surface area contributed by atoms with Gasteiger partial charge in [0.1, 0.15) is 0 Å². The number of benzene rings is 2. The van der Waals surface area contributed by atoms with Crippen molar-refractivity contribution in [3.8, 4) is 0 Å². The maximum Gasteiger partial charge on any atom is 0.241 e. The Hall–Kier alpha value is -2.17. The molecule has 0 heterocycles. The fourth-order valence-electron chi connectivity index (χ4n) is 2.08. The maximum atomic E-state index is 12.1. The number of hydrogen-bond donors (Lipinski definition) is 3. The lowest BCUT2D eigenvalue weighted by Crippen LogP contribution is -2.37. The molecule has 2 aromatic carbocycles. The van der Waals surface area contributed by atoms with Crippen LogP contribution in [0.4, 0.5) is 5.69 Å². The highest BCUT2D eigenvalue weighted by Gasteiger charge is 2.14. The Bertz CT molecular complexity index is 567. The summed E-state index contributed by atoms with van der Waals surface area (Å²) < 4.78 is 0. The zero-order chi connectivity index (χ0) is 15.1. The van der Waals surface area contributed by atoms with E-state index in [9.17, 15) is 4.79 Å². The number of amides is 1. The van der Waals surface area contributed by atoms with Crippen molar-refractivity contribution in [3.05, 3.63) is 65.7 Å². The lowest BCUT2D eigenvalue weighted by molar-refractivity contribution is -0.117. The standard InChI is InChI=1S/C17H20N2O2/c18-16(12-14-4-2-1-3-5-14)17(21)19-15-8-6-13(7-9-15)10-11-20/h1-9,16,20H,10-12,18H2,(H,19,21). The third kappa shape index (κ3) is 4.70. The number of hydrogen-bond acceptors (Lipinski definition) is 3. The van der Waals surface area contributed by atoms with E-state index in [1.807, 2.05) is 54.6 Å². The molecule has 1 amide bonds. The van der Waals surface area contributed by atoms with Crippen LogP contribution < -0.4 is 11.1 Å². The minimum Gasteiger partial charge on any atom is -0.396 e. The van der Waals surface area contributed by atoms with Gasteiger partial charge in [-0.15, -0.1) is 0 Å². The molecule has 0 aromatic heterocycles. The van der Waals surface area contributed by atoms with Crippen molar-refractivity contribution in [1.29, 1.82) is 0 Å². The molecule has 21 heavy (non-hydrogen) atoms. The first kappa shape index (κ1) is 15.2. The van der Waals surface area contributed by atoms with Crippen LogP contribution in [0.15, 0.2) is 54.6 Å². The number of aliphatic hydroxyl groups is 1. The summed E-state index contributed by atoms with van der Waals surface area (Å²) >= 11 is 0. The first-order valence-electron chi connectivity index (χ1n) is 6.99. The van der Waals surface area contributed by atoms with Crippen LogP contribution >= 0.6 is 0 Å². The predicted octanol–water partition coefficient (Wildman–Crippen LogP) is 1.73. The molecule has 0 saturated heterocycles. The van der Waals surface area contributed by atoms with Gasteiger partial charge in [-0.05, 0) is 36.1 Å². The molecule has 0 bridgehead atoms. The van der Waals surface area contributed by atoms with E-state index in [-0.39, 0.29) is 12.5 Å². The third-order valence-electron chi connectivity index (χ3n) is 3.26. The quantitative estimate of drug-likeness (QED) is 0.756. The average molecular weight is 284 g/mol. The zero-order valence-corrected chi connectivity index (χ0v) is 11.8. The number of rotatable bonds is 6. The molecule has 0 saturated carbocycles. The number of aliphatic hydroxyl groups excluding tert-OH is 1. The summed E-state index contributed by atoms with van der Waals surface area (Å²) in [7, 11) is 0. The van der Waals surface area contributed by atoms with Crippen molar-refractivity contribution in [2.75, 3.05) is 11.9 Å². The van der Waals surface area contributed by atoms with Crippen LogP contribution in [-0.2, 0) is 17.6 Å². The minimum atomic E-state index is -0.579. The number of carbonyl (C=O) groups is 1. The molecule has 0 fully saturated rings. The molecule has 2 rings (SSSR count). The highest BCUT2D eigenvalue weighted by atomic mass is 16.2. The second-order valence-electron chi connectivity index (χ2n) is 4.96. The highest BCUT2D eigenvalue weighted by Crippen LogP contribution is 2.11. The van der Waals surface area contributed by atoms with E-state index in [2.05, 4.69) is 5.32 Å². The van der Waals surface area contributed by atoms with Crippen LogP contribution in [0.5, 0.6) is 0 Å². The van der Waals surface area contributed by atoms with Gasteiger partial charge in [0.2, 0.25) is 5.91 Å². The van der Waals surface area contributed by atoms with Crippen molar-refractivity contribution >= 4 is 11.6 Å². The summed E-state index contributed by atoms with van der Waals surface area (Å²) in [5, 5.41) is 11.7. The molecule has 0 radical (unpaired) electrons. The molecule has 0 aliphatic rings. The van der Waals surface area contributed by atoms with Gasteiger partial charge >= 0.3 is 0 Å². The maximum absolute atomic E-state index is 12.1. The number of nitrogens with two attached hydrogens (primary N) is 1. The second-order valence-corrected chi connectivity index (χ2v) is 4.96. The molecule has 2 aromatic rings. The van der Waals surface area contributed by atoms with Crippen LogP contribution in [-0.4, -0.2) is 23.7 Å². The van der Waals surface area contributed by atoms with Gasteiger partial charge in [-0.25, -0.2) is 0 Å². The minimum absolute atomic E-state index is 0.119. The smallest absolute Gasteiger partial charge is 0.241 e. The topological polar surface area (TPSA) is 75.4 Å². The Morgan fingerprint density at radius 3 is 2.33 bits per heavy atom. The summed E-state index contributed by atoms with van der Waals surface area (Å²) in [6.07, 6.45) is 1.12. The zero-order valence-electron chi connectivity index (χ0n) is 11.8. The SMILES string of the molecule is NC(Cc1ccccc1)C(=O)Nc1ccc(CCO)cc1. The van der Waals surface area contributed by atoms with Crippen LogP contribution in [0, 0.1) is 0 Å². The Morgan fingerprint density at radius 1 is 1.05 bits per heavy atom. The van der Waals surface area contributed by atoms with Gasteiger partial charge in [-0.3, -0.25) is 4.79 Å². The molecule has 0 aliphatic carbocycles.